The van der Waals surface area contributed by atoms with E-state index in [1.807, 2.05) is 48.5 Å². The van der Waals surface area contributed by atoms with E-state index in [0.717, 1.165) is 18.5 Å². The number of hydrogen-bond acceptors (Lipinski definition) is 9. The van der Waals surface area contributed by atoms with Crippen LogP contribution in [0.15, 0.2) is 85.5 Å². The summed E-state index contributed by atoms with van der Waals surface area (Å²) in [4.78, 5) is 36.2. The Labute approximate surface area is 257 Å². The third kappa shape index (κ3) is 9.98. The lowest BCUT2D eigenvalue weighted by Crippen LogP contribution is -2.30. The molecule has 0 saturated heterocycles. The first kappa shape index (κ1) is 31.2. The number of carbonyl (C=O) groups excluding carboxylic acids is 2. The first-order valence-corrected chi connectivity index (χ1v) is 13.9. The lowest BCUT2D eigenvalue weighted by Gasteiger charge is -2.12. The second kappa shape index (κ2) is 16.0. The van der Waals surface area contributed by atoms with Crippen LogP contribution in [0.25, 0.3) is 0 Å². The van der Waals surface area contributed by atoms with Gasteiger partial charge in [-0.25, -0.2) is 5.48 Å². The highest BCUT2D eigenvalue weighted by Crippen LogP contribution is 2.21. The Kier molecular flexibility index (Phi) is 12.5. The second-order valence-corrected chi connectivity index (χ2v) is 10.5. The van der Waals surface area contributed by atoms with Crippen LogP contribution in [-0.4, -0.2) is 51.3 Å². The molecule has 0 unspecified atom stereocenters. The van der Waals surface area contributed by atoms with Crippen LogP contribution in [0.4, 0.5) is 22.7 Å². The van der Waals surface area contributed by atoms with E-state index in [-0.39, 0.29) is 6.61 Å². The fourth-order valence-corrected chi connectivity index (χ4v) is 3.81. The molecule has 0 aliphatic carbocycles. The van der Waals surface area contributed by atoms with Gasteiger partial charge in [0.25, 0.3) is 11.8 Å². The second-order valence-electron chi connectivity index (χ2n) is 8.05. The summed E-state index contributed by atoms with van der Waals surface area (Å²) in [5.74, 6) is -0.953. The first-order chi connectivity index (χ1) is 19.3. The van der Waals surface area contributed by atoms with E-state index in [0.29, 0.717) is 22.5 Å². The van der Waals surface area contributed by atoms with Gasteiger partial charge >= 0.3 is 0 Å². The molecule has 0 radical (unpaired) electrons. The van der Waals surface area contributed by atoms with Crippen molar-refractivity contribution in [3.63, 3.8) is 0 Å². The summed E-state index contributed by atoms with van der Waals surface area (Å²) in [6, 6.07) is 18.6. The third-order valence-electron chi connectivity index (χ3n) is 5.05. The molecule has 2 aromatic carbocycles. The standard InChI is InChI=1S/C15H16IN3O4.C12H10IN3O/c16-10-1-3-11(4-2-10)18-14-7-17-6-5-13(14)15(22)19-23-9-12(21)8-20;13-8-1-3-9(4-2-8)16-11-7-15-6-5-10(11)12(14)17/h1-7,12,18,20-21H,8-9H2,(H,19,22);1-7,16H,(H2,14,17)/t12-;/m1./s1. The largest absolute Gasteiger partial charge is 0.394 e. The Balaban J connectivity index is 0.000000230. The normalized spacial score (nSPS) is 11.0. The van der Waals surface area contributed by atoms with Crippen LogP contribution in [0.1, 0.15) is 20.7 Å². The van der Waals surface area contributed by atoms with Gasteiger partial charge in [0, 0.05) is 30.9 Å². The minimum absolute atomic E-state index is 0.201. The number of benzene rings is 2. The SMILES string of the molecule is NC(=O)c1ccncc1Nc1ccc(I)cc1.O=C(NOC[C@H](O)CO)c1ccncc1Nc1ccc(I)cc1. The molecule has 0 aliphatic heterocycles. The maximum Gasteiger partial charge on any atom is 0.277 e. The van der Waals surface area contributed by atoms with E-state index >= 15 is 0 Å². The Morgan fingerprint density at radius 2 is 1.30 bits per heavy atom. The number of hydrogen-bond donors (Lipinski definition) is 6. The Morgan fingerprint density at radius 1 is 0.825 bits per heavy atom. The maximum atomic E-state index is 12.1. The Morgan fingerprint density at radius 3 is 1.77 bits per heavy atom. The summed E-state index contributed by atoms with van der Waals surface area (Å²) >= 11 is 4.44. The van der Waals surface area contributed by atoms with Gasteiger partial charge in [0.15, 0.2) is 0 Å². The number of anilines is 4. The first-order valence-electron chi connectivity index (χ1n) is 11.7. The highest BCUT2D eigenvalue weighted by Gasteiger charge is 2.13. The molecule has 2 heterocycles. The zero-order chi connectivity index (χ0) is 28.9. The molecule has 0 fully saturated rings. The van der Waals surface area contributed by atoms with Gasteiger partial charge < -0.3 is 26.6 Å². The summed E-state index contributed by atoms with van der Waals surface area (Å²) in [6.45, 7) is -0.641. The number of aliphatic hydroxyl groups excluding tert-OH is 2. The van der Waals surface area contributed by atoms with Gasteiger partial charge in [0.05, 0.1) is 41.5 Å². The number of halogens is 2. The number of hydroxylamine groups is 1. The molecule has 2 aromatic heterocycles. The van der Waals surface area contributed by atoms with Gasteiger partial charge in [-0.1, -0.05) is 0 Å². The Bertz CT molecular complexity index is 1410. The molecule has 0 spiro atoms. The number of nitrogens with one attached hydrogen (secondary N) is 3. The van der Waals surface area contributed by atoms with E-state index in [4.69, 9.17) is 20.8 Å². The number of aliphatic hydroxyl groups is 2. The van der Waals surface area contributed by atoms with E-state index in [2.05, 4.69) is 71.3 Å². The quantitative estimate of drug-likeness (QED) is 0.103. The van der Waals surface area contributed by atoms with Crippen molar-refractivity contribution < 1.29 is 24.6 Å². The molecule has 4 rings (SSSR count). The predicted octanol–water partition coefficient (Wildman–Crippen LogP) is 3.97. The number of amides is 2. The minimum Gasteiger partial charge on any atom is -0.394 e. The fraction of sp³-hybridized carbons (Fsp3) is 0.111. The number of aromatic nitrogens is 2. The molecule has 40 heavy (non-hydrogen) atoms. The molecule has 11 nitrogen and oxygen atoms in total. The van der Waals surface area contributed by atoms with Crippen LogP contribution in [0.5, 0.6) is 0 Å². The topological polar surface area (TPSA) is 172 Å². The van der Waals surface area contributed by atoms with Crippen molar-refractivity contribution in [2.75, 3.05) is 23.8 Å². The van der Waals surface area contributed by atoms with E-state index in [1.54, 1.807) is 24.5 Å². The lowest BCUT2D eigenvalue weighted by atomic mass is 10.2. The smallest absolute Gasteiger partial charge is 0.277 e. The van der Waals surface area contributed by atoms with Crippen molar-refractivity contribution in [3.8, 4) is 0 Å². The molecule has 0 bridgehead atoms. The average molecular weight is 768 g/mol. The molecule has 0 saturated carbocycles. The number of primary amides is 1. The fourth-order valence-electron chi connectivity index (χ4n) is 3.09. The van der Waals surface area contributed by atoms with Crippen LogP contribution >= 0.6 is 45.2 Å². The summed E-state index contributed by atoms with van der Waals surface area (Å²) in [7, 11) is 0. The Hall–Kier alpha value is -3.38. The molecule has 7 N–H and O–H groups in total. The zero-order valence-corrected chi connectivity index (χ0v) is 25.2. The van der Waals surface area contributed by atoms with Gasteiger partial charge in [-0.05, 0) is 106 Å². The van der Waals surface area contributed by atoms with Crippen LogP contribution in [0, 0.1) is 7.14 Å². The lowest BCUT2D eigenvalue weighted by molar-refractivity contribution is -0.0295. The number of pyridine rings is 2. The van der Waals surface area contributed by atoms with Crippen molar-refractivity contribution in [3.05, 3.63) is 104 Å². The van der Waals surface area contributed by atoms with Gasteiger partial charge in [-0.15, -0.1) is 0 Å². The van der Waals surface area contributed by atoms with Crippen molar-refractivity contribution in [1.29, 1.82) is 0 Å². The number of rotatable bonds is 10. The molecule has 0 aliphatic rings. The molecule has 2 amide bonds. The van der Waals surface area contributed by atoms with Crippen molar-refractivity contribution >= 4 is 79.7 Å². The average Bonchev–Trinajstić information content (AvgIpc) is 2.96. The highest BCUT2D eigenvalue weighted by molar-refractivity contribution is 14.1. The van der Waals surface area contributed by atoms with Gasteiger partial charge in [-0.2, -0.15) is 0 Å². The minimum atomic E-state index is -1.04. The van der Waals surface area contributed by atoms with Crippen molar-refractivity contribution in [2.24, 2.45) is 5.73 Å². The van der Waals surface area contributed by atoms with Crippen molar-refractivity contribution in [1.82, 2.24) is 15.4 Å². The predicted molar refractivity (Wildman–Crippen MR) is 168 cm³/mol. The van der Waals surface area contributed by atoms with Crippen LogP contribution in [0.2, 0.25) is 0 Å². The molecule has 4 aromatic rings. The third-order valence-corrected chi connectivity index (χ3v) is 6.49. The van der Waals surface area contributed by atoms with E-state index in [1.165, 1.54) is 12.4 Å². The number of nitrogens with two attached hydrogens (primary N) is 1. The summed E-state index contributed by atoms with van der Waals surface area (Å²) in [6.07, 6.45) is 5.11. The van der Waals surface area contributed by atoms with Gasteiger partial charge in [0.1, 0.15) is 12.7 Å². The number of nitrogens with zero attached hydrogens (tertiary/aromatic N) is 2. The molecular weight excluding hydrogens is 742 g/mol. The molecule has 13 heteroatoms. The van der Waals surface area contributed by atoms with Gasteiger partial charge in [0.2, 0.25) is 0 Å². The van der Waals surface area contributed by atoms with Crippen molar-refractivity contribution in [2.45, 2.75) is 6.10 Å². The van der Waals surface area contributed by atoms with Crippen LogP contribution in [-0.2, 0) is 4.84 Å². The molecule has 1 atom stereocenters. The maximum absolute atomic E-state index is 12.1. The zero-order valence-electron chi connectivity index (χ0n) is 20.9. The van der Waals surface area contributed by atoms with E-state index < -0.39 is 24.5 Å². The van der Waals surface area contributed by atoms with Crippen LogP contribution < -0.4 is 21.8 Å². The van der Waals surface area contributed by atoms with E-state index in [9.17, 15) is 9.59 Å². The molecule has 208 valence electrons. The monoisotopic (exact) mass is 768 g/mol. The summed E-state index contributed by atoms with van der Waals surface area (Å²) in [5.41, 5.74) is 11.1. The highest BCUT2D eigenvalue weighted by atomic mass is 127. The van der Waals surface area contributed by atoms with Gasteiger partial charge in [-0.3, -0.25) is 24.4 Å². The summed E-state index contributed by atoms with van der Waals surface area (Å²) in [5, 5.41) is 24.1. The molecular formula is C27H26I2N6O5. The number of carbonyl (C=O) groups is 2. The van der Waals surface area contributed by atoms with Crippen LogP contribution in [0.3, 0.4) is 0 Å². The summed E-state index contributed by atoms with van der Waals surface area (Å²) < 4.78 is 2.25.